The fourth-order valence-electron chi connectivity index (χ4n) is 5.39. The van der Waals surface area contributed by atoms with Crippen LogP contribution in [-0.2, 0) is 17.8 Å². The standard InChI is InChI=1S/C31H32N6O3/c1-22-10-12-23(13-11-22)21-36-30(39)26-8-3-4-9-27(26)37-28(32-33-31(36)37)14-15-29(38)35-18-16-34(17-19-35)24-6-5-7-25(20-24)40-2/h3-13,20H,14-19,21H2,1-2H3. The number of ether oxygens (including phenoxy) is 1. The van der Waals surface area contributed by atoms with Crippen molar-refractivity contribution in [1.29, 1.82) is 0 Å². The summed E-state index contributed by atoms with van der Waals surface area (Å²) in [5.41, 5.74) is 3.92. The van der Waals surface area contributed by atoms with Gasteiger partial charge in [-0.05, 0) is 36.8 Å². The molecule has 9 heteroatoms. The van der Waals surface area contributed by atoms with Crippen LogP contribution in [0.1, 0.15) is 23.4 Å². The number of anilines is 1. The summed E-state index contributed by atoms with van der Waals surface area (Å²) in [6.45, 7) is 5.29. The molecule has 1 aliphatic rings. The lowest BCUT2D eigenvalue weighted by Gasteiger charge is -2.36. The number of fused-ring (bicyclic) bond motifs is 3. The van der Waals surface area contributed by atoms with E-state index in [1.54, 1.807) is 11.7 Å². The van der Waals surface area contributed by atoms with Crippen LogP contribution in [0.2, 0.25) is 0 Å². The molecule has 0 spiro atoms. The zero-order valence-electron chi connectivity index (χ0n) is 22.8. The van der Waals surface area contributed by atoms with Crippen LogP contribution < -0.4 is 15.2 Å². The first-order valence-electron chi connectivity index (χ1n) is 13.6. The molecule has 1 fully saturated rings. The number of rotatable bonds is 7. The van der Waals surface area contributed by atoms with E-state index in [1.807, 2.05) is 83.0 Å². The maximum absolute atomic E-state index is 13.5. The van der Waals surface area contributed by atoms with Crippen LogP contribution in [0.4, 0.5) is 5.69 Å². The highest BCUT2D eigenvalue weighted by Crippen LogP contribution is 2.23. The van der Waals surface area contributed by atoms with Gasteiger partial charge in [-0.2, -0.15) is 0 Å². The monoisotopic (exact) mass is 536 g/mol. The summed E-state index contributed by atoms with van der Waals surface area (Å²) in [5, 5.41) is 9.48. The minimum Gasteiger partial charge on any atom is -0.497 e. The number of para-hydroxylation sites is 1. The van der Waals surface area contributed by atoms with E-state index in [-0.39, 0.29) is 11.5 Å². The molecule has 40 heavy (non-hydrogen) atoms. The van der Waals surface area contributed by atoms with E-state index in [2.05, 4.69) is 21.2 Å². The Morgan fingerprint density at radius 3 is 2.48 bits per heavy atom. The van der Waals surface area contributed by atoms with Crippen molar-refractivity contribution in [3.05, 3.63) is 100 Å². The first kappa shape index (κ1) is 25.6. The lowest BCUT2D eigenvalue weighted by molar-refractivity contribution is -0.131. The fraction of sp³-hybridized carbons (Fsp3) is 0.290. The van der Waals surface area contributed by atoms with Gasteiger partial charge < -0.3 is 14.5 Å². The van der Waals surface area contributed by atoms with Crippen LogP contribution in [0, 0.1) is 6.92 Å². The van der Waals surface area contributed by atoms with Gasteiger partial charge >= 0.3 is 0 Å². The van der Waals surface area contributed by atoms with Crippen LogP contribution in [0.5, 0.6) is 5.75 Å². The molecule has 2 aromatic heterocycles. The number of hydrogen-bond acceptors (Lipinski definition) is 6. The van der Waals surface area contributed by atoms with Gasteiger partial charge in [-0.25, -0.2) is 0 Å². The van der Waals surface area contributed by atoms with Crippen molar-refractivity contribution in [1.82, 2.24) is 24.1 Å². The van der Waals surface area contributed by atoms with Gasteiger partial charge in [-0.3, -0.25) is 18.6 Å². The Bertz CT molecular complexity index is 1730. The number of aryl methyl sites for hydroxylation is 2. The lowest BCUT2D eigenvalue weighted by Crippen LogP contribution is -2.48. The zero-order chi connectivity index (χ0) is 27.6. The number of piperazine rings is 1. The Balaban J connectivity index is 1.21. The second-order valence-electron chi connectivity index (χ2n) is 10.2. The Labute approximate surface area is 232 Å². The van der Waals surface area contributed by atoms with Gasteiger partial charge in [0.25, 0.3) is 5.56 Å². The summed E-state index contributed by atoms with van der Waals surface area (Å²) >= 11 is 0. The van der Waals surface area contributed by atoms with Gasteiger partial charge in [-0.1, -0.05) is 48.0 Å². The first-order chi connectivity index (χ1) is 19.5. The second kappa shape index (κ2) is 10.8. The van der Waals surface area contributed by atoms with Crippen molar-refractivity contribution >= 4 is 28.3 Å². The third-order valence-electron chi connectivity index (χ3n) is 7.65. The number of amides is 1. The van der Waals surface area contributed by atoms with E-state index in [4.69, 9.17) is 4.74 Å². The molecule has 0 atom stereocenters. The van der Waals surface area contributed by atoms with Gasteiger partial charge in [0.1, 0.15) is 11.6 Å². The average molecular weight is 537 g/mol. The van der Waals surface area contributed by atoms with Crippen molar-refractivity contribution in [2.24, 2.45) is 0 Å². The van der Waals surface area contributed by atoms with Gasteiger partial charge in [0.05, 0.1) is 24.6 Å². The van der Waals surface area contributed by atoms with Crippen LogP contribution in [-0.4, -0.2) is 63.3 Å². The first-order valence-corrected chi connectivity index (χ1v) is 13.6. The van der Waals surface area contributed by atoms with E-state index >= 15 is 0 Å². The van der Waals surface area contributed by atoms with Crippen molar-refractivity contribution in [3.8, 4) is 5.75 Å². The molecule has 9 nitrogen and oxygen atoms in total. The van der Waals surface area contributed by atoms with E-state index < -0.39 is 0 Å². The number of hydrogen-bond donors (Lipinski definition) is 0. The molecule has 5 aromatic rings. The lowest BCUT2D eigenvalue weighted by atomic mass is 10.1. The summed E-state index contributed by atoms with van der Waals surface area (Å²) in [6, 6.07) is 23.6. The molecule has 3 aromatic carbocycles. The number of nitrogens with zero attached hydrogens (tertiary/aromatic N) is 6. The Morgan fingerprint density at radius 2 is 1.70 bits per heavy atom. The number of benzene rings is 3. The maximum Gasteiger partial charge on any atom is 0.263 e. The minimum absolute atomic E-state index is 0.0966. The molecule has 1 aliphatic heterocycles. The Morgan fingerprint density at radius 1 is 0.925 bits per heavy atom. The van der Waals surface area contributed by atoms with Gasteiger partial charge in [0, 0.05) is 50.8 Å². The predicted molar refractivity (Wildman–Crippen MR) is 155 cm³/mol. The van der Waals surface area contributed by atoms with Crippen molar-refractivity contribution in [2.75, 3.05) is 38.2 Å². The molecule has 6 rings (SSSR count). The number of carbonyl (C=O) groups excluding carboxylic acids is 1. The quantitative estimate of drug-likeness (QED) is 0.316. The van der Waals surface area contributed by atoms with E-state index in [9.17, 15) is 9.59 Å². The van der Waals surface area contributed by atoms with E-state index in [1.165, 1.54) is 0 Å². The summed E-state index contributed by atoms with van der Waals surface area (Å²) < 4.78 is 8.95. The van der Waals surface area contributed by atoms with Gasteiger partial charge in [-0.15, -0.1) is 10.2 Å². The zero-order valence-corrected chi connectivity index (χ0v) is 22.8. The molecule has 0 N–H and O–H groups in total. The van der Waals surface area contributed by atoms with Gasteiger partial charge in [0.2, 0.25) is 11.7 Å². The summed E-state index contributed by atoms with van der Waals surface area (Å²) in [6.07, 6.45) is 0.758. The summed E-state index contributed by atoms with van der Waals surface area (Å²) in [4.78, 5) is 30.9. The largest absolute Gasteiger partial charge is 0.497 e. The smallest absolute Gasteiger partial charge is 0.263 e. The molecular formula is C31H32N6O3. The average Bonchev–Trinajstić information content (AvgIpc) is 3.43. The normalized spacial score (nSPS) is 13.8. The van der Waals surface area contributed by atoms with E-state index in [0.29, 0.717) is 49.5 Å². The van der Waals surface area contributed by atoms with Crippen LogP contribution >= 0.6 is 0 Å². The highest BCUT2D eigenvalue weighted by molar-refractivity contribution is 5.81. The molecule has 0 saturated carbocycles. The number of methoxy groups -OCH3 is 1. The predicted octanol–water partition coefficient (Wildman–Crippen LogP) is 3.69. The van der Waals surface area contributed by atoms with Crippen LogP contribution in [0.25, 0.3) is 16.7 Å². The van der Waals surface area contributed by atoms with Crippen molar-refractivity contribution in [3.63, 3.8) is 0 Å². The molecule has 1 saturated heterocycles. The highest BCUT2D eigenvalue weighted by atomic mass is 16.5. The Hall–Kier alpha value is -4.66. The molecule has 0 radical (unpaired) electrons. The topological polar surface area (TPSA) is 85.0 Å². The number of aromatic nitrogens is 4. The molecule has 3 heterocycles. The third-order valence-corrected chi connectivity index (χ3v) is 7.65. The Kier molecular flexibility index (Phi) is 6.94. The molecule has 1 amide bonds. The van der Waals surface area contributed by atoms with Gasteiger partial charge in [0.15, 0.2) is 0 Å². The SMILES string of the molecule is COc1cccc(N2CCN(C(=O)CCc3nnc4n(Cc5ccc(C)cc5)c(=O)c5ccccc5n34)CC2)c1. The van der Waals surface area contributed by atoms with E-state index in [0.717, 1.165) is 41.2 Å². The molecule has 0 bridgehead atoms. The van der Waals surface area contributed by atoms with Crippen molar-refractivity contribution in [2.45, 2.75) is 26.3 Å². The summed E-state index contributed by atoms with van der Waals surface area (Å²) in [5.74, 6) is 2.08. The fourth-order valence-corrected chi connectivity index (χ4v) is 5.39. The molecule has 0 aliphatic carbocycles. The molecule has 0 unspecified atom stereocenters. The van der Waals surface area contributed by atoms with Crippen LogP contribution in [0.15, 0.2) is 77.6 Å². The van der Waals surface area contributed by atoms with Crippen LogP contribution in [0.3, 0.4) is 0 Å². The highest BCUT2D eigenvalue weighted by Gasteiger charge is 2.23. The molecule has 204 valence electrons. The minimum atomic E-state index is -0.104. The molecular weight excluding hydrogens is 504 g/mol. The summed E-state index contributed by atoms with van der Waals surface area (Å²) in [7, 11) is 1.67. The second-order valence-corrected chi connectivity index (χ2v) is 10.2. The maximum atomic E-state index is 13.5. The van der Waals surface area contributed by atoms with Crippen molar-refractivity contribution < 1.29 is 9.53 Å². The third kappa shape index (κ3) is 4.90. The number of carbonyl (C=O) groups is 1.